The van der Waals surface area contributed by atoms with Crippen molar-refractivity contribution in [1.29, 1.82) is 0 Å². The number of rotatable bonds is 8. The molecule has 0 heterocycles. The molecule has 1 atom stereocenters. The predicted molar refractivity (Wildman–Crippen MR) is 102 cm³/mol. The molecule has 136 valence electrons. The molecule has 1 N–H and O–H groups in total. The van der Waals surface area contributed by atoms with Crippen LogP contribution in [0.2, 0.25) is 23.2 Å². The number of ether oxygens (including phenoxy) is 1. The van der Waals surface area contributed by atoms with Gasteiger partial charge in [0.2, 0.25) is 0 Å². The van der Waals surface area contributed by atoms with Crippen LogP contribution in [0, 0.1) is 0 Å². The second-order valence-corrected chi connectivity index (χ2v) is 12.6. The molecule has 1 rings (SSSR count). The second-order valence-electron chi connectivity index (χ2n) is 7.45. The Morgan fingerprint density at radius 3 is 2.54 bits per heavy atom. The maximum Gasteiger partial charge on any atom is 0.306 e. The Morgan fingerprint density at radius 2 is 2.00 bits per heavy atom. The van der Waals surface area contributed by atoms with E-state index >= 15 is 0 Å². The van der Waals surface area contributed by atoms with Crippen molar-refractivity contribution in [3.63, 3.8) is 0 Å². The molecule has 0 saturated carbocycles. The summed E-state index contributed by atoms with van der Waals surface area (Å²) in [6.45, 7) is 12.3. The molecule has 0 bridgehead atoms. The molecule has 0 aromatic heterocycles. The largest absolute Gasteiger partial charge is 0.469 e. The topological polar surface area (TPSA) is 47.6 Å². The summed E-state index contributed by atoms with van der Waals surface area (Å²) >= 11 is 6.15. The highest BCUT2D eigenvalue weighted by Gasteiger charge is 2.39. The third-order valence-electron chi connectivity index (χ3n) is 4.53. The van der Waals surface area contributed by atoms with Crippen molar-refractivity contribution in [3.05, 3.63) is 34.9 Å². The fourth-order valence-corrected chi connectivity index (χ4v) is 3.48. The summed E-state index contributed by atoms with van der Waals surface area (Å²) in [4.78, 5) is 11.2. The van der Waals surface area contributed by atoms with Crippen LogP contribution in [-0.4, -0.2) is 34.5 Å². The van der Waals surface area contributed by atoms with Crippen molar-refractivity contribution < 1.29 is 14.0 Å². The van der Waals surface area contributed by atoms with Crippen molar-refractivity contribution in [2.75, 3.05) is 20.2 Å². The van der Waals surface area contributed by atoms with Crippen LogP contribution in [0.25, 0.3) is 0 Å². The third-order valence-corrected chi connectivity index (χ3v) is 9.25. The highest BCUT2D eigenvalue weighted by atomic mass is 35.5. The van der Waals surface area contributed by atoms with Gasteiger partial charge in [0.15, 0.2) is 8.32 Å². The predicted octanol–water partition coefficient (Wildman–Crippen LogP) is 4.56. The Bertz CT molecular complexity index is 543. The number of halogens is 1. The molecule has 0 amide bonds. The van der Waals surface area contributed by atoms with E-state index in [0.29, 0.717) is 24.5 Å². The van der Waals surface area contributed by atoms with E-state index in [2.05, 4.69) is 43.9 Å². The van der Waals surface area contributed by atoms with Gasteiger partial charge in [-0.1, -0.05) is 44.5 Å². The molecule has 0 aliphatic rings. The minimum Gasteiger partial charge on any atom is -0.469 e. The van der Waals surface area contributed by atoms with E-state index in [0.717, 1.165) is 5.56 Å². The lowest BCUT2D eigenvalue weighted by Gasteiger charge is -2.39. The maximum absolute atomic E-state index is 11.2. The summed E-state index contributed by atoms with van der Waals surface area (Å²) in [6, 6.07) is 7.78. The van der Waals surface area contributed by atoms with E-state index in [1.165, 1.54) is 7.11 Å². The highest BCUT2D eigenvalue weighted by Crippen LogP contribution is 2.39. The first-order valence-electron chi connectivity index (χ1n) is 8.27. The summed E-state index contributed by atoms with van der Waals surface area (Å²) in [5, 5.41) is 4.12. The molecular weight excluding hydrogens is 342 g/mol. The number of methoxy groups -OCH3 is 1. The van der Waals surface area contributed by atoms with Gasteiger partial charge >= 0.3 is 5.97 Å². The Morgan fingerprint density at radius 1 is 1.33 bits per heavy atom. The second kappa shape index (κ2) is 8.99. The van der Waals surface area contributed by atoms with Crippen LogP contribution in [0.4, 0.5) is 0 Å². The van der Waals surface area contributed by atoms with Crippen LogP contribution in [-0.2, 0) is 14.0 Å². The van der Waals surface area contributed by atoms with Gasteiger partial charge in [-0.05, 0) is 35.8 Å². The first-order valence-corrected chi connectivity index (χ1v) is 11.6. The zero-order chi connectivity index (χ0) is 18.4. The van der Waals surface area contributed by atoms with Crippen molar-refractivity contribution in [1.82, 2.24) is 5.32 Å². The number of benzene rings is 1. The molecule has 0 unspecified atom stereocenters. The van der Waals surface area contributed by atoms with Gasteiger partial charge in [0.25, 0.3) is 0 Å². The molecule has 1 aromatic carbocycles. The number of hydrogen-bond donors (Lipinski definition) is 1. The van der Waals surface area contributed by atoms with Crippen LogP contribution in [0.1, 0.15) is 38.9 Å². The summed E-state index contributed by atoms with van der Waals surface area (Å²) in [5.74, 6) is -0.216. The van der Waals surface area contributed by atoms with E-state index in [1.807, 2.05) is 24.3 Å². The standard InChI is InChI=1S/C18H30ClNO3Si/c1-18(2,3)24(5,6)23-16(13-20-11-10-17(21)22-4)14-8-7-9-15(19)12-14/h7-9,12,16,20H,10-11,13H2,1-6H3/t16-/m0/s1. The van der Waals surface area contributed by atoms with E-state index in [-0.39, 0.29) is 17.1 Å². The molecule has 0 saturated heterocycles. The first-order chi connectivity index (χ1) is 11.1. The zero-order valence-corrected chi connectivity index (χ0v) is 17.4. The average Bonchev–Trinajstić information content (AvgIpc) is 2.48. The van der Waals surface area contributed by atoms with Gasteiger partial charge in [-0.3, -0.25) is 4.79 Å². The van der Waals surface area contributed by atoms with Crippen molar-refractivity contribution in [2.24, 2.45) is 0 Å². The minimum absolute atomic E-state index is 0.0951. The smallest absolute Gasteiger partial charge is 0.306 e. The van der Waals surface area contributed by atoms with Gasteiger partial charge in [0.05, 0.1) is 19.6 Å². The fraction of sp³-hybridized carbons (Fsp3) is 0.611. The van der Waals surface area contributed by atoms with Gasteiger partial charge in [-0.15, -0.1) is 0 Å². The molecule has 0 aliphatic heterocycles. The number of hydrogen-bond acceptors (Lipinski definition) is 4. The normalized spacial score (nSPS) is 13.6. The van der Waals surface area contributed by atoms with Gasteiger partial charge in [0, 0.05) is 18.1 Å². The van der Waals surface area contributed by atoms with Gasteiger partial charge in [0.1, 0.15) is 0 Å². The zero-order valence-electron chi connectivity index (χ0n) is 15.6. The minimum atomic E-state index is -1.93. The Labute approximate surface area is 152 Å². The number of esters is 1. The lowest BCUT2D eigenvalue weighted by molar-refractivity contribution is -0.140. The quantitative estimate of drug-likeness (QED) is 0.413. The molecule has 0 spiro atoms. The van der Waals surface area contributed by atoms with Crippen LogP contribution < -0.4 is 5.32 Å². The maximum atomic E-state index is 11.2. The van der Waals surface area contributed by atoms with Crippen LogP contribution >= 0.6 is 11.6 Å². The van der Waals surface area contributed by atoms with Gasteiger partial charge in [-0.25, -0.2) is 0 Å². The van der Waals surface area contributed by atoms with Crippen molar-refractivity contribution in [2.45, 2.75) is 51.4 Å². The SMILES string of the molecule is COC(=O)CCNC[C@H](O[Si](C)(C)C(C)(C)C)c1cccc(Cl)c1. The first kappa shape index (κ1) is 21.2. The number of nitrogens with one attached hydrogen (secondary N) is 1. The van der Waals surface area contributed by atoms with Crippen LogP contribution in [0.5, 0.6) is 0 Å². The summed E-state index contributed by atoms with van der Waals surface area (Å²) in [5.41, 5.74) is 1.05. The molecular formula is C18H30ClNO3Si. The molecule has 0 aliphatic carbocycles. The Balaban J connectivity index is 2.82. The lowest BCUT2D eigenvalue weighted by Crippen LogP contribution is -2.43. The number of carbonyl (C=O) groups is 1. The fourth-order valence-electron chi connectivity index (χ4n) is 1.99. The van der Waals surface area contributed by atoms with Crippen LogP contribution in [0.3, 0.4) is 0 Å². The number of carbonyl (C=O) groups excluding carboxylic acids is 1. The third kappa shape index (κ3) is 6.55. The van der Waals surface area contributed by atoms with Gasteiger partial charge < -0.3 is 14.5 Å². The lowest BCUT2D eigenvalue weighted by atomic mass is 10.1. The van der Waals surface area contributed by atoms with E-state index in [4.69, 9.17) is 16.0 Å². The molecule has 4 nitrogen and oxygen atoms in total. The van der Waals surface area contributed by atoms with Crippen molar-refractivity contribution >= 4 is 25.9 Å². The Hall–Kier alpha value is -0.883. The van der Waals surface area contributed by atoms with E-state index in [1.54, 1.807) is 0 Å². The molecule has 24 heavy (non-hydrogen) atoms. The van der Waals surface area contributed by atoms with E-state index in [9.17, 15) is 4.79 Å². The average molecular weight is 372 g/mol. The summed E-state index contributed by atoms with van der Waals surface area (Å²) < 4.78 is 11.2. The Kier molecular flexibility index (Phi) is 7.93. The molecule has 6 heteroatoms. The summed E-state index contributed by atoms with van der Waals surface area (Å²) in [7, 11) is -0.531. The van der Waals surface area contributed by atoms with Crippen LogP contribution in [0.15, 0.2) is 24.3 Å². The van der Waals surface area contributed by atoms with Gasteiger partial charge in [-0.2, -0.15) is 0 Å². The summed E-state index contributed by atoms with van der Waals surface area (Å²) in [6.07, 6.45) is 0.251. The monoisotopic (exact) mass is 371 g/mol. The van der Waals surface area contributed by atoms with Crippen molar-refractivity contribution in [3.8, 4) is 0 Å². The molecule has 0 radical (unpaired) electrons. The molecule has 0 fully saturated rings. The molecule has 1 aromatic rings. The van der Waals surface area contributed by atoms with E-state index < -0.39 is 8.32 Å². The highest BCUT2D eigenvalue weighted by molar-refractivity contribution is 6.74.